The average molecular weight is 418 g/mol. The first-order chi connectivity index (χ1) is 14.5. The van der Waals surface area contributed by atoms with Crippen molar-refractivity contribution >= 4 is 17.8 Å². The fraction of sp³-hybridized carbons (Fsp3) is 0.591. The molecule has 3 rings (SSSR count). The third kappa shape index (κ3) is 5.43. The van der Waals surface area contributed by atoms with Crippen LogP contribution < -0.4 is 20.1 Å². The van der Waals surface area contributed by atoms with Crippen LogP contribution in [0.4, 0.5) is 4.79 Å². The number of methoxy groups -OCH3 is 2. The highest BCUT2D eigenvalue weighted by atomic mass is 16.5. The molecule has 1 heterocycles. The predicted octanol–water partition coefficient (Wildman–Crippen LogP) is 2.74. The van der Waals surface area contributed by atoms with Crippen molar-refractivity contribution in [3.8, 4) is 11.5 Å². The molecule has 4 amide bonds. The van der Waals surface area contributed by atoms with Crippen LogP contribution in [0, 0.1) is 0 Å². The molecule has 0 spiro atoms. The van der Waals surface area contributed by atoms with Crippen LogP contribution >= 0.6 is 0 Å². The van der Waals surface area contributed by atoms with Crippen molar-refractivity contribution in [3.63, 3.8) is 0 Å². The largest absolute Gasteiger partial charge is 0.493 e. The van der Waals surface area contributed by atoms with E-state index in [4.69, 9.17) is 9.47 Å². The molecule has 8 nitrogen and oxygen atoms in total. The molecule has 1 saturated carbocycles. The third-order valence-electron chi connectivity index (χ3n) is 5.76. The molecule has 0 bridgehead atoms. The smallest absolute Gasteiger partial charge is 0.325 e. The fourth-order valence-corrected chi connectivity index (χ4v) is 4.10. The Kier molecular flexibility index (Phi) is 7.54. The van der Waals surface area contributed by atoms with Crippen molar-refractivity contribution in [1.29, 1.82) is 0 Å². The first-order valence-corrected chi connectivity index (χ1v) is 10.6. The second-order valence-electron chi connectivity index (χ2n) is 7.93. The topological polar surface area (TPSA) is 97.0 Å². The van der Waals surface area contributed by atoms with Crippen LogP contribution in [-0.4, -0.2) is 49.0 Å². The number of nitrogens with zero attached hydrogens (tertiary/aromatic N) is 1. The summed E-state index contributed by atoms with van der Waals surface area (Å²) < 4.78 is 10.5. The molecule has 2 fully saturated rings. The molecular formula is C22H31N3O5. The Labute approximate surface area is 177 Å². The number of nitrogens with one attached hydrogen (secondary N) is 2. The lowest BCUT2D eigenvalue weighted by Gasteiger charge is -2.21. The number of carbonyl (C=O) groups excluding carboxylic acids is 3. The predicted molar refractivity (Wildman–Crippen MR) is 111 cm³/mol. The first-order valence-electron chi connectivity index (χ1n) is 10.6. The molecule has 2 aliphatic rings. The lowest BCUT2D eigenvalue weighted by atomic mass is 9.96. The van der Waals surface area contributed by atoms with Crippen LogP contribution in [0.25, 0.3) is 0 Å². The van der Waals surface area contributed by atoms with E-state index in [1.165, 1.54) is 26.4 Å². The number of benzene rings is 1. The zero-order valence-electron chi connectivity index (χ0n) is 17.7. The van der Waals surface area contributed by atoms with Gasteiger partial charge in [0.2, 0.25) is 5.91 Å². The maximum Gasteiger partial charge on any atom is 0.325 e. The summed E-state index contributed by atoms with van der Waals surface area (Å²) in [7, 11) is 3.07. The second-order valence-corrected chi connectivity index (χ2v) is 7.93. The molecule has 1 aromatic rings. The minimum atomic E-state index is -0.828. The van der Waals surface area contributed by atoms with Crippen LogP contribution in [0.5, 0.6) is 11.5 Å². The van der Waals surface area contributed by atoms with Gasteiger partial charge in [-0.3, -0.25) is 14.5 Å². The van der Waals surface area contributed by atoms with Gasteiger partial charge in [-0.05, 0) is 30.5 Å². The summed E-state index contributed by atoms with van der Waals surface area (Å²) in [4.78, 5) is 38.7. The van der Waals surface area contributed by atoms with Crippen LogP contribution in [0.2, 0.25) is 0 Å². The van der Waals surface area contributed by atoms with Gasteiger partial charge in [0.1, 0.15) is 6.04 Å². The van der Waals surface area contributed by atoms with E-state index >= 15 is 0 Å². The number of hydrogen-bond acceptors (Lipinski definition) is 5. The standard InChI is InChI=1S/C22H31N3O5/c1-29-18-11-10-15(12-19(18)30-2)14-25-21(27)17(24-22(25)28)13-20(26)23-16-8-6-4-3-5-7-9-16/h10-12,16-17H,3-9,13-14H2,1-2H3,(H,23,26)(H,24,28)/t17-/m0/s1. The number of carbonyl (C=O) groups is 3. The van der Waals surface area contributed by atoms with Gasteiger partial charge in [-0.1, -0.05) is 38.2 Å². The number of urea groups is 1. The van der Waals surface area contributed by atoms with Crippen molar-refractivity contribution in [2.45, 2.75) is 70.0 Å². The molecule has 1 saturated heterocycles. The molecule has 8 heteroatoms. The van der Waals surface area contributed by atoms with Crippen molar-refractivity contribution in [3.05, 3.63) is 23.8 Å². The number of amides is 4. The summed E-state index contributed by atoms with van der Waals surface area (Å²) in [5, 5.41) is 5.69. The van der Waals surface area contributed by atoms with Gasteiger partial charge in [0.25, 0.3) is 5.91 Å². The van der Waals surface area contributed by atoms with E-state index in [0.717, 1.165) is 36.1 Å². The highest BCUT2D eigenvalue weighted by molar-refractivity contribution is 6.05. The van der Waals surface area contributed by atoms with Crippen molar-refractivity contribution in [2.75, 3.05) is 14.2 Å². The Morgan fingerprint density at radius 3 is 2.40 bits per heavy atom. The Morgan fingerprint density at radius 1 is 1.07 bits per heavy atom. The Balaban J connectivity index is 1.57. The molecule has 1 atom stereocenters. The third-order valence-corrected chi connectivity index (χ3v) is 5.76. The van der Waals surface area contributed by atoms with Gasteiger partial charge in [0, 0.05) is 6.04 Å². The van der Waals surface area contributed by atoms with Crippen molar-refractivity contribution in [1.82, 2.24) is 15.5 Å². The van der Waals surface area contributed by atoms with Gasteiger partial charge >= 0.3 is 6.03 Å². The molecule has 0 aromatic heterocycles. The van der Waals surface area contributed by atoms with Gasteiger partial charge < -0.3 is 20.1 Å². The van der Waals surface area contributed by atoms with Gasteiger partial charge in [0.15, 0.2) is 11.5 Å². The molecule has 0 unspecified atom stereocenters. The highest BCUT2D eigenvalue weighted by Crippen LogP contribution is 2.28. The molecule has 1 aliphatic heterocycles. The number of hydrogen-bond donors (Lipinski definition) is 2. The normalized spacial score (nSPS) is 20.3. The molecule has 1 aliphatic carbocycles. The van der Waals surface area contributed by atoms with E-state index in [0.29, 0.717) is 11.5 Å². The summed E-state index contributed by atoms with van der Waals surface area (Å²) in [6, 6.07) is 4.08. The van der Waals surface area contributed by atoms with Gasteiger partial charge in [-0.2, -0.15) is 0 Å². The highest BCUT2D eigenvalue weighted by Gasteiger charge is 2.39. The number of imide groups is 1. The van der Waals surface area contributed by atoms with Crippen LogP contribution in [0.1, 0.15) is 56.9 Å². The molecule has 164 valence electrons. The number of rotatable bonds is 7. The lowest BCUT2D eigenvalue weighted by molar-refractivity contribution is -0.131. The van der Waals surface area contributed by atoms with Crippen LogP contribution in [0.3, 0.4) is 0 Å². The molecular weight excluding hydrogens is 386 g/mol. The van der Waals surface area contributed by atoms with Crippen molar-refractivity contribution < 1.29 is 23.9 Å². The fourth-order valence-electron chi connectivity index (χ4n) is 4.10. The van der Waals surface area contributed by atoms with Gasteiger partial charge in [0.05, 0.1) is 27.2 Å². The van der Waals surface area contributed by atoms with Crippen LogP contribution in [-0.2, 0) is 16.1 Å². The van der Waals surface area contributed by atoms with E-state index in [9.17, 15) is 14.4 Å². The van der Waals surface area contributed by atoms with E-state index in [1.807, 2.05) is 0 Å². The molecule has 0 radical (unpaired) electrons. The molecule has 1 aromatic carbocycles. The summed E-state index contributed by atoms with van der Waals surface area (Å²) >= 11 is 0. The monoisotopic (exact) mass is 417 g/mol. The SMILES string of the molecule is COc1ccc(CN2C(=O)N[C@@H](CC(=O)NC3CCCCCCC3)C2=O)cc1OC. The Bertz CT molecular complexity index is 774. The molecule has 30 heavy (non-hydrogen) atoms. The minimum Gasteiger partial charge on any atom is -0.493 e. The summed E-state index contributed by atoms with van der Waals surface area (Å²) in [5.74, 6) is 0.522. The maximum atomic E-state index is 12.7. The van der Waals surface area contributed by atoms with Crippen LogP contribution in [0.15, 0.2) is 18.2 Å². The lowest BCUT2D eigenvalue weighted by Crippen LogP contribution is -2.40. The second kappa shape index (κ2) is 10.3. The quantitative estimate of drug-likeness (QED) is 0.665. The zero-order valence-corrected chi connectivity index (χ0v) is 17.7. The van der Waals surface area contributed by atoms with Crippen molar-refractivity contribution in [2.24, 2.45) is 0 Å². The van der Waals surface area contributed by atoms with E-state index < -0.39 is 12.1 Å². The summed E-state index contributed by atoms with van der Waals surface area (Å²) in [6.45, 7) is 0.103. The van der Waals surface area contributed by atoms with Gasteiger partial charge in [-0.15, -0.1) is 0 Å². The van der Waals surface area contributed by atoms with E-state index in [2.05, 4.69) is 10.6 Å². The summed E-state index contributed by atoms with van der Waals surface area (Å²) in [5.41, 5.74) is 0.732. The van der Waals surface area contributed by atoms with E-state index in [-0.39, 0.29) is 30.8 Å². The minimum absolute atomic E-state index is 0.0382. The first kappa shape index (κ1) is 21.9. The van der Waals surface area contributed by atoms with Gasteiger partial charge in [-0.25, -0.2) is 4.79 Å². The Morgan fingerprint density at radius 2 is 1.73 bits per heavy atom. The maximum absolute atomic E-state index is 12.7. The number of ether oxygens (including phenoxy) is 2. The summed E-state index contributed by atoms with van der Waals surface area (Å²) in [6.07, 6.45) is 7.81. The average Bonchev–Trinajstić information content (AvgIpc) is 2.97. The zero-order chi connectivity index (χ0) is 21.5. The Hall–Kier alpha value is -2.77. The molecule has 2 N–H and O–H groups in total. The van der Waals surface area contributed by atoms with E-state index in [1.54, 1.807) is 25.3 Å².